The Morgan fingerprint density at radius 3 is 3.11 bits per heavy atom. The molecule has 2 rings (SSSR count). The Morgan fingerprint density at radius 2 is 2.39 bits per heavy atom. The van der Waals surface area contributed by atoms with Crippen LogP contribution in [-0.4, -0.2) is 25.9 Å². The van der Waals surface area contributed by atoms with E-state index in [1.807, 2.05) is 12.1 Å². The lowest BCUT2D eigenvalue weighted by molar-refractivity contribution is 0.00668. The Morgan fingerprint density at radius 1 is 1.50 bits per heavy atom. The number of benzene rings is 1. The Bertz CT molecular complexity index is 378. The standard InChI is InChI=1S/C14H20BrNO2/c1-2-16-9-11-5-3-7-13(15)14(11)18-12-6-4-8-17-10-12/h3,5,7,12,16H,2,4,6,8-10H2,1H3. The molecule has 0 radical (unpaired) electrons. The first-order valence-corrected chi connectivity index (χ1v) is 7.33. The monoisotopic (exact) mass is 313 g/mol. The maximum absolute atomic E-state index is 6.10. The minimum Gasteiger partial charge on any atom is -0.486 e. The predicted octanol–water partition coefficient (Wildman–Crippen LogP) is 3.12. The predicted molar refractivity (Wildman–Crippen MR) is 76.0 cm³/mol. The molecular formula is C14H20BrNO2. The molecule has 18 heavy (non-hydrogen) atoms. The van der Waals surface area contributed by atoms with Crippen molar-refractivity contribution in [2.24, 2.45) is 0 Å². The summed E-state index contributed by atoms with van der Waals surface area (Å²) in [6.45, 7) is 5.45. The van der Waals surface area contributed by atoms with E-state index in [1.54, 1.807) is 0 Å². The van der Waals surface area contributed by atoms with Crippen molar-refractivity contribution in [1.82, 2.24) is 5.32 Å². The van der Waals surface area contributed by atoms with Gasteiger partial charge in [0.1, 0.15) is 11.9 Å². The van der Waals surface area contributed by atoms with Crippen molar-refractivity contribution in [2.75, 3.05) is 19.8 Å². The van der Waals surface area contributed by atoms with E-state index >= 15 is 0 Å². The summed E-state index contributed by atoms with van der Waals surface area (Å²) in [5.74, 6) is 0.953. The molecule has 0 aromatic heterocycles. The van der Waals surface area contributed by atoms with Crippen LogP contribution in [0.5, 0.6) is 5.75 Å². The van der Waals surface area contributed by atoms with Gasteiger partial charge in [-0.3, -0.25) is 0 Å². The molecule has 0 aliphatic carbocycles. The van der Waals surface area contributed by atoms with Crippen LogP contribution in [0.3, 0.4) is 0 Å². The van der Waals surface area contributed by atoms with E-state index in [-0.39, 0.29) is 6.10 Å². The largest absolute Gasteiger partial charge is 0.486 e. The fraction of sp³-hybridized carbons (Fsp3) is 0.571. The molecule has 0 bridgehead atoms. The highest BCUT2D eigenvalue weighted by molar-refractivity contribution is 9.10. The summed E-state index contributed by atoms with van der Waals surface area (Å²) in [4.78, 5) is 0. The third-order valence-electron chi connectivity index (χ3n) is 3.02. The van der Waals surface area contributed by atoms with Gasteiger partial charge in [-0.1, -0.05) is 19.1 Å². The molecule has 1 heterocycles. The van der Waals surface area contributed by atoms with Crippen molar-refractivity contribution in [3.63, 3.8) is 0 Å². The summed E-state index contributed by atoms with van der Waals surface area (Å²) in [7, 11) is 0. The zero-order chi connectivity index (χ0) is 12.8. The Balaban J connectivity index is 2.08. The molecule has 1 unspecified atom stereocenters. The van der Waals surface area contributed by atoms with Crippen LogP contribution >= 0.6 is 15.9 Å². The maximum atomic E-state index is 6.10. The smallest absolute Gasteiger partial charge is 0.138 e. The number of hydrogen-bond acceptors (Lipinski definition) is 3. The summed E-state index contributed by atoms with van der Waals surface area (Å²) in [5.41, 5.74) is 1.19. The van der Waals surface area contributed by atoms with Crippen molar-refractivity contribution < 1.29 is 9.47 Å². The highest BCUT2D eigenvalue weighted by Gasteiger charge is 2.18. The summed E-state index contributed by atoms with van der Waals surface area (Å²) in [6, 6.07) is 6.17. The number of rotatable bonds is 5. The molecule has 0 saturated carbocycles. The van der Waals surface area contributed by atoms with Crippen LogP contribution in [0.2, 0.25) is 0 Å². The van der Waals surface area contributed by atoms with Gasteiger partial charge in [-0.2, -0.15) is 0 Å². The van der Waals surface area contributed by atoms with E-state index in [2.05, 4.69) is 34.2 Å². The maximum Gasteiger partial charge on any atom is 0.138 e. The minimum absolute atomic E-state index is 0.179. The van der Waals surface area contributed by atoms with Crippen molar-refractivity contribution in [2.45, 2.75) is 32.4 Å². The van der Waals surface area contributed by atoms with Gasteiger partial charge in [0.05, 0.1) is 11.1 Å². The third-order valence-corrected chi connectivity index (χ3v) is 3.64. The summed E-state index contributed by atoms with van der Waals surface area (Å²) in [5, 5.41) is 3.34. The van der Waals surface area contributed by atoms with Gasteiger partial charge in [0.15, 0.2) is 0 Å². The number of hydrogen-bond donors (Lipinski definition) is 1. The van der Waals surface area contributed by atoms with Crippen LogP contribution in [0, 0.1) is 0 Å². The second-order valence-electron chi connectivity index (χ2n) is 4.47. The van der Waals surface area contributed by atoms with Crippen molar-refractivity contribution in [3.8, 4) is 5.75 Å². The topological polar surface area (TPSA) is 30.5 Å². The molecule has 1 fully saturated rings. The van der Waals surface area contributed by atoms with E-state index < -0.39 is 0 Å². The minimum atomic E-state index is 0.179. The van der Waals surface area contributed by atoms with Crippen LogP contribution in [0.4, 0.5) is 0 Å². The van der Waals surface area contributed by atoms with Crippen molar-refractivity contribution >= 4 is 15.9 Å². The quantitative estimate of drug-likeness (QED) is 0.906. The van der Waals surface area contributed by atoms with Crippen molar-refractivity contribution in [3.05, 3.63) is 28.2 Å². The molecule has 1 saturated heterocycles. The Kier molecular flexibility index (Phi) is 5.47. The van der Waals surface area contributed by atoms with Gasteiger partial charge in [0.2, 0.25) is 0 Å². The van der Waals surface area contributed by atoms with E-state index in [0.29, 0.717) is 6.61 Å². The van der Waals surface area contributed by atoms with Crippen LogP contribution in [0.25, 0.3) is 0 Å². The van der Waals surface area contributed by atoms with Gasteiger partial charge in [-0.25, -0.2) is 0 Å². The Labute approximate surface area is 117 Å². The van der Waals surface area contributed by atoms with Crippen LogP contribution in [0.15, 0.2) is 22.7 Å². The normalized spacial score (nSPS) is 19.8. The van der Waals surface area contributed by atoms with E-state index in [9.17, 15) is 0 Å². The van der Waals surface area contributed by atoms with Gasteiger partial charge in [-0.05, 0) is 41.4 Å². The summed E-state index contributed by atoms with van der Waals surface area (Å²) in [6.07, 6.45) is 2.33. The first kappa shape index (κ1) is 13.8. The van der Waals surface area contributed by atoms with Gasteiger partial charge in [0.25, 0.3) is 0 Å². The van der Waals surface area contributed by atoms with E-state index in [0.717, 1.165) is 42.8 Å². The van der Waals surface area contributed by atoms with Gasteiger partial charge >= 0.3 is 0 Å². The molecule has 1 aromatic carbocycles. The molecule has 1 aliphatic heterocycles. The molecule has 1 aliphatic rings. The molecule has 0 spiro atoms. The highest BCUT2D eigenvalue weighted by Crippen LogP contribution is 2.31. The summed E-state index contributed by atoms with van der Waals surface area (Å²) < 4.78 is 12.6. The SMILES string of the molecule is CCNCc1cccc(Br)c1OC1CCCOC1. The number of ether oxygens (including phenoxy) is 2. The molecule has 1 aromatic rings. The van der Waals surface area contributed by atoms with Gasteiger partial charge < -0.3 is 14.8 Å². The highest BCUT2D eigenvalue weighted by atomic mass is 79.9. The molecule has 100 valence electrons. The lowest BCUT2D eigenvalue weighted by Crippen LogP contribution is -2.28. The number of para-hydroxylation sites is 1. The first-order chi connectivity index (χ1) is 8.81. The lowest BCUT2D eigenvalue weighted by Gasteiger charge is -2.25. The molecular weight excluding hydrogens is 294 g/mol. The number of nitrogens with one attached hydrogen (secondary N) is 1. The van der Waals surface area contributed by atoms with Gasteiger partial charge in [0, 0.05) is 18.7 Å². The molecule has 0 amide bonds. The van der Waals surface area contributed by atoms with Crippen LogP contribution < -0.4 is 10.1 Å². The zero-order valence-corrected chi connectivity index (χ0v) is 12.3. The second-order valence-corrected chi connectivity index (χ2v) is 5.32. The molecule has 3 nitrogen and oxygen atoms in total. The average Bonchev–Trinajstić information content (AvgIpc) is 2.41. The van der Waals surface area contributed by atoms with Crippen LogP contribution in [-0.2, 0) is 11.3 Å². The molecule has 1 atom stereocenters. The molecule has 4 heteroatoms. The van der Waals surface area contributed by atoms with E-state index in [4.69, 9.17) is 9.47 Å². The number of halogens is 1. The third kappa shape index (κ3) is 3.70. The lowest BCUT2D eigenvalue weighted by atomic mass is 10.1. The first-order valence-electron chi connectivity index (χ1n) is 6.53. The van der Waals surface area contributed by atoms with Crippen molar-refractivity contribution in [1.29, 1.82) is 0 Å². The molecule has 1 N–H and O–H groups in total. The average molecular weight is 314 g/mol. The van der Waals surface area contributed by atoms with Crippen LogP contribution in [0.1, 0.15) is 25.3 Å². The fourth-order valence-electron chi connectivity index (χ4n) is 2.06. The fourth-order valence-corrected chi connectivity index (χ4v) is 2.56. The Hall–Kier alpha value is -0.580. The second kappa shape index (κ2) is 7.12. The zero-order valence-electron chi connectivity index (χ0n) is 10.7. The van der Waals surface area contributed by atoms with E-state index in [1.165, 1.54) is 5.56 Å². The van der Waals surface area contributed by atoms with Gasteiger partial charge in [-0.15, -0.1) is 0 Å². The summed E-state index contributed by atoms with van der Waals surface area (Å²) >= 11 is 3.57.